The lowest BCUT2D eigenvalue weighted by Gasteiger charge is -2.33. The summed E-state index contributed by atoms with van der Waals surface area (Å²) in [6.07, 6.45) is 0.977. The molecule has 254 valence electrons. The minimum Gasteiger partial charge on any atom is -0.508 e. The number of phenols is 2. The Balaban J connectivity index is 1.41. The monoisotopic (exact) mass is 663 g/mol. The summed E-state index contributed by atoms with van der Waals surface area (Å²) in [6.45, 7) is 4.39. The van der Waals surface area contributed by atoms with E-state index in [0.29, 0.717) is 30.5 Å². The van der Waals surface area contributed by atoms with Gasteiger partial charge >= 0.3 is 0 Å². The first-order chi connectivity index (χ1) is 23.9. The molecule has 10 nitrogen and oxygen atoms in total. The molecular formula is C39H41N3O7. The molecule has 0 aliphatic carbocycles. The molecule has 1 aromatic heterocycles. The lowest BCUT2D eigenvalue weighted by molar-refractivity contribution is 0.0836. The van der Waals surface area contributed by atoms with Crippen LogP contribution >= 0.6 is 0 Å². The summed E-state index contributed by atoms with van der Waals surface area (Å²) in [6, 6.07) is 17.0. The van der Waals surface area contributed by atoms with Crippen molar-refractivity contribution in [2.45, 2.75) is 50.7 Å². The second kappa shape index (κ2) is 13.8. The van der Waals surface area contributed by atoms with Gasteiger partial charge < -0.3 is 44.7 Å². The molecule has 3 aromatic carbocycles. The number of phenolic OH excluding ortho intramolecular Hbond substituents is 2. The number of aromatic nitrogens is 1. The lowest BCUT2D eigenvalue weighted by Crippen LogP contribution is -2.50. The van der Waals surface area contributed by atoms with Crippen molar-refractivity contribution in [1.82, 2.24) is 10.3 Å². The molecule has 0 amide bonds. The Kier molecular flexibility index (Phi) is 9.13. The number of aliphatic hydroxyl groups excluding tert-OH is 1. The number of ketones is 1. The summed E-state index contributed by atoms with van der Waals surface area (Å²) in [5, 5.41) is 34.9. The van der Waals surface area contributed by atoms with Crippen molar-refractivity contribution < 1.29 is 34.3 Å². The van der Waals surface area contributed by atoms with Gasteiger partial charge in [0, 0.05) is 43.9 Å². The highest BCUT2D eigenvalue weighted by molar-refractivity contribution is 6.05. The summed E-state index contributed by atoms with van der Waals surface area (Å²) in [7, 11) is 1.42. The van der Waals surface area contributed by atoms with Crippen molar-refractivity contribution in [2.24, 2.45) is 0 Å². The maximum absolute atomic E-state index is 14.1. The van der Waals surface area contributed by atoms with Crippen LogP contribution in [0.4, 0.5) is 5.82 Å². The smallest absolute Gasteiger partial charge is 0.204 e. The molecule has 1 saturated heterocycles. The number of anilines is 1. The third kappa shape index (κ3) is 6.28. The maximum atomic E-state index is 14.1. The molecule has 4 bridgehead atoms. The number of hydrogen-bond acceptors (Lipinski definition) is 9. The normalized spacial score (nSPS) is 19.7. The zero-order valence-electron chi connectivity index (χ0n) is 27.7. The second-order valence-electron chi connectivity index (χ2n) is 12.7. The molecule has 3 atom stereocenters. The maximum Gasteiger partial charge on any atom is 0.204 e. The van der Waals surface area contributed by atoms with E-state index in [1.54, 1.807) is 24.3 Å². The molecule has 0 spiro atoms. The number of hydrogen-bond donors (Lipinski definition) is 5. The van der Waals surface area contributed by atoms with Gasteiger partial charge in [0.1, 0.15) is 29.0 Å². The molecule has 0 saturated carbocycles. The third-order valence-corrected chi connectivity index (χ3v) is 9.49. The number of aryl methyl sites for hydroxylation is 1. The van der Waals surface area contributed by atoms with Crippen LogP contribution in [0.15, 0.2) is 54.6 Å². The first kappa shape index (κ1) is 32.4. The van der Waals surface area contributed by atoms with Crippen molar-refractivity contribution in [3.63, 3.8) is 0 Å². The largest absolute Gasteiger partial charge is 0.508 e. The number of aromatic hydroxyl groups is 2. The number of ether oxygens (including phenoxy) is 3. The SMILES string of the molecule is CCc1cc2c([nH]1)N1CCNC(C#CC(c3c(O)c(OC)c(OCCCO)c4c3OC(c3ccc(O)cc3)CC4=O)Cc3cccc-2c3)C1. The highest BCUT2D eigenvalue weighted by Crippen LogP contribution is 2.55. The van der Waals surface area contributed by atoms with Gasteiger partial charge in [-0.1, -0.05) is 55.2 Å². The van der Waals surface area contributed by atoms with E-state index in [0.717, 1.165) is 42.0 Å². The number of benzene rings is 3. The van der Waals surface area contributed by atoms with Crippen LogP contribution in [0.25, 0.3) is 11.1 Å². The van der Waals surface area contributed by atoms with Gasteiger partial charge in [0.2, 0.25) is 5.75 Å². The number of Topliss-reactive ketones (excluding diaryl/α,β-unsaturated/α-hetero) is 1. The van der Waals surface area contributed by atoms with Crippen LogP contribution in [-0.4, -0.2) is 72.1 Å². The first-order valence-electron chi connectivity index (χ1n) is 16.9. The Morgan fingerprint density at radius 2 is 1.90 bits per heavy atom. The summed E-state index contributed by atoms with van der Waals surface area (Å²) < 4.78 is 18.4. The van der Waals surface area contributed by atoms with Gasteiger partial charge in [0.25, 0.3) is 0 Å². The molecule has 3 aliphatic heterocycles. The Morgan fingerprint density at radius 1 is 1.06 bits per heavy atom. The third-order valence-electron chi connectivity index (χ3n) is 9.49. The van der Waals surface area contributed by atoms with Crippen molar-refractivity contribution in [1.29, 1.82) is 0 Å². The Bertz CT molecular complexity index is 1920. The summed E-state index contributed by atoms with van der Waals surface area (Å²) in [4.78, 5) is 20.1. The minimum atomic E-state index is -0.673. The van der Waals surface area contributed by atoms with E-state index < -0.39 is 12.0 Å². The van der Waals surface area contributed by atoms with Gasteiger partial charge in [-0.15, -0.1) is 0 Å². The number of carbonyl (C=O) groups excluding carboxylic acids is 1. The fourth-order valence-electron chi connectivity index (χ4n) is 7.02. The molecule has 3 unspecified atom stereocenters. The van der Waals surface area contributed by atoms with Crippen molar-refractivity contribution >= 4 is 11.6 Å². The van der Waals surface area contributed by atoms with Crippen LogP contribution in [0.2, 0.25) is 0 Å². The summed E-state index contributed by atoms with van der Waals surface area (Å²) in [5.74, 6) is 7.43. The first-order valence-corrected chi connectivity index (χ1v) is 16.9. The number of nitrogens with one attached hydrogen (secondary N) is 2. The Morgan fingerprint density at radius 3 is 2.67 bits per heavy atom. The van der Waals surface area contributed by atoms with Crippen LogP contribution < -0.4 is 24.4 Å². The minimum absolute atomic E-state index is 0.0144. The highest BCUT2D eigenvalue weighted by atomic mass is 16.5. The Labute approximate surface area is 285 Å². The average Bonchev–Trinajstić information content (AvgIpc) is 3.55. The number of piperazine rings is 1. The zero-order chi connectivity index (χ0) is 34.1. The number of aliphatic hydroxyl groups is 1. The standard InChI is InChI=1S/C39H41N3O7/c1-3-27-20-30-25-7-4-6-23(18-25)19-26(8-11-28-22-42(15-14-40-28)39(30)41-27)33-35(46)38(47-2)37(48-17-5-16-43)34-31(45)21-32(49-36(33)34)24-9-12-29(44)13-10-24/h4,6-7,9-10,12-13,18,20,26,28,32,40-41,43-44,46H,3,5,14-17,19,21-22H2,1-2H3. The van der Waals surface area contributed by atoms with Crippen LogP contribution in [0, 0.1) is 11.8 Å². The summed E-state index contributed by atoms with van der Waals surface area (Å²) >= 11 is 0. The molecule has 7 rings (SSSR count). The van der Waals surface area contributed by atoms with Crippen LogP contribution in [0.3, 0.4) is 0 Å². The summed E-state index contributed by atoms with van der Waals surface area (Å²) in [5.41, 5.74) is 5.64. The fraction of sp³-hybridized carbons (Fsp3) is 0.359. The van der Waals surface area contributed by atoms with Crippen molar-refractivity contribution in [3.05, 3.63) is 82.5 Å². The van der Waals surface area contributed by atoms with E-state index in [-0.39, 0.29) is 65.8 Å². The molecule has 49 heavy (non-hydrogen) atoms. The number of nitrogens with zero attached hydrogens (tertiary/aromatic N) is 1. The molecular weight excluding hydrogens is 622 g/mol. The quantitative estimate of drug-likeness (QED) is 0.126. The number of fused-ring (bicyclic) bond motifs is 8. The predicted molar refractivity (Wildman–Crippen MR) is 186 cm³/mol. The molecule has 0 radical (unpaired) electrons. The number of carbonyl (C=O) groups is 1. The van der Waals surface area contributed by atoms with Gasteiger partial charge in [-0.2, -0.15) is 0 Å². The van der Waals surface area contributed by atoms with Gasteiger partial charge in [-0.3, -0.25) is 4.79 Å². The van der Waals surface area contributed by atoms with E-state index >= 15 is 0 Å². The van der Waals surface area contributed by atoms with E-state index in [9.17, 15) is 20.1 Å². The van der Waals surface area contributed by atoms with Crippen LogP contribution in [-0.2, 0) is 12.8 Å². The van der Waals surface area contributed by atoms with Gasteiger partial charge in [-0.25, -0.2) is 0 Å². The molecule has 4 heterocycles. The van der Waals surface area contributed by atoms with Crippen molar-refractivity contribution in [3.8, 4) is 51.7 Å². The number of aromatic amines is 1. The van der Waals surface area contributed by atoms with Gasteiger partial charge in [0.15, 0.2) is 17.3 Å². The molecule has 10 heteroatoms. The highest BCUT2D eigenvalue weighted by Gasteiger charge is 2.39. The lowest BCUT2D eigenvalue weighted by atomic mass is 9.85. The van der Waals surface area contributed by atoms with Gasteiger partial charge in [-0.05, 0) is 47.7 Å². The molecule has 3 aliphatic rings. The molecule has 4 aromatic rings. The van der Waals surface area contributed by atoms with Crippen molar-refractivity contribution in [2.75, 3.05) is 44.9 Å². The zero-order valence-corrected chi connectivity index (χ0v) is 27.7. The second-order valence-corrected chi connectivity index (χ2v) is 12.7. The number of H-pyrrole nitrogens is 1. The van der Waals surface area contributed by atoms with Crippen LogP contribution in [0.1, 0.15) is 64.5 Å². The Hall–Kier alpha value is -5.11. The molecule has 1 fully saturated rings. The molecule has 5 N–H and O–H groups in total. The van der Waals surface area contributed by atoms with E-state index in [2.05, 4.69) is 58.2 Å². The predicted octanol–water partition coefficient (Wildman–Crippen LogP) is 5.25. The van der Waals surface area contributed by atoms with E-state index in [4.69, 9.17) is 14.2 Å². The topological polar surface area (TPSA) is 137 Å². The average molecular weight is 664 g/mol. The van der Waals surface area contributed by atoms with E-state index in [1.165, 1.54) is 12.8 Å². The number of rotatable bonds is 8. The number of methoxy groups -OCH3 is 1. The van der Waals surface area contributed by atoms with E-state index in [1.807, 2.05) is 6.07 Å². The van der Waals surface area contributed by atoms with Gasteiger partial charge in [0.05, 0.1) is 37.7 Å². The van der Waals surface area contributed by atoms with Crippen LogP contribution in [0.5, 0.6) is 28.7 Å². The fourth-order valence-corrected chi connectivity index (χ4v) is 7.02.